The molecule has 2 aliphatic heterocycles. The molecule has 0 spiro atoms. The van der Waals surface area contributed by atoms with Gasteiger partial charge in [0.2, 0.25) is 20.0 Å². The van der Waals surface area contributed by atoms with Crippen molar-refractivity contribution in [2.24, 2.45) is 0 Å². The molecule has 0 N–H and O–H groups in total. The summed E-state index contributed by atoms with van der Waals surface area (Å²) in [5, 5.41) is 0. The Bertz CT molecular complexity index is 585. The molecule has 0 saturated carbocycles. The largest absolute Gasteiger partial charge is 0.303 e. The summed E-state index contributed by atoms with van der Waals surface area (Å²) < 4.78 is 50.7. The van der Waals surface area contributed by atoms with Gasteiger partial charge in [0, 0.05) is 25.7 Å². The van der Waals surface area contributed by atoms with Crippen molar-refractivity contribution in [2.45, 2.75) is 38.1 Å². The molecule has 2 fully saturated rings. The van der Waals surface area contributed by atoms with Crippen LogP contribution in [0.2, 0.25) is 0 Å². The molecule has 23 heavy (non-hydrogen) atoms. The Morgan fingerprint density at radius 1 is 1.00 bits per heavy atom. The lowest BCUT2D eigenvalue weighted by atomic mass is 10.1. The van der Waals surface area contributed by atoms with Crippen LogP contribution in [0.4, 0.5) is 0 Å². The van der Waals surface area contributed by atoms with Gasteiger partial charge in [0.15, 0.2) is 0 Å². The van der Waals surface area contributed by atoms with E-state index in [2.05, 4.69) is 4.90 Å². The standard InChI is InChI=1S/C14H29N3O4S2/c1-22(18,19)16-11-5-7-14(13-16)17(23(2,20)21)12-6-10-15-8-3-4-9-15/h14H,3-13H2,1-2H3. The zero-order chi connectivity index (χ0) is 17.1. The van der Waals surface area contributed by atoms with E-state index in [1.54, 1.807) is 0 Å². The molecule has 2 saturated heterocycles. The van der Waals surface area contributed by atoms with Crippen molar-refractivity contribution in [3.8, 4) is 0 Å². The third kappa shape index (κ3) is 5.67. The molecule has 2 heterocycles. The first kappa shape index (κ1) is 19.1. The van der Waals surface area contributed by atoms with E-state index in [-0.39, 0.29) is 12.6 Å². The number of nitrogens with zero attached hydrogens (tertiary/aromatic N) is 3. The number of likely N-dealkylation sites (tertiary alicyclic amines) is 1. The third-order valence-corrected chi connectivity index (χ3v) is 7.32. The van der Waals surface area contributed by atoms with Gasteiger partial charge >= 0.3 is 0 Å². The van der Waals surface area contributed by atoms with E-state index in [1.807, 2.05) is 0 Å². The van der Waals surface area contributed by atoms with E-state index < -0.39 is 20.0 Å². The van der Waals surface area contributed by atoms with Crippen molar-refractivity contribution >= 4 is 20.0 Å². The SMILES string of the molecule is CS(=O)(=O)N1CCCC(N(CCCN2CCCC2)S(C)(=O)=O)C1. The Balaban J connectivity index is 1.97. The first-order valence-electron chi connectivity index (χ1n) is 8.32. The summed E-state index contributed by atoms with van der Waals surface area (Å²) >= 11 is 0. The van der Waals surface area contributed by atoms with Crippen molar-refractivity contribution in [3.05, 3.63) is 0 Å². The molecule has 0 radical (unpaired) electrons. The smallest absolute Gasteiger partial charge is 0.211 e. The van der Waals surface area contributed by atoms with E-state index >= 15 is 0 Å². The van der Waals surface area contributed by atoms with Crippen LogP contribution in [0.15, 0.2) is 0 Å². The number of piperidine rings is 1. The van der Waals surface area contributed by atoms with Crippen molar-refractivity contribution in [3.63, 3.8) is 0 Å². The highest BCUT2D eigenvalue weighted by Crippen LogP contribution is 2.21. The molecule has 0 aromatic carbocycles. The van der Waals surface area contributed by atoms with Gasteiger partial charge in [-0.15, -0.1) is 0 Å². The van der Waals surface area contributed by atoms with Crippen LogP contribution in [0.1, 0.15) is 32.1 Å². The Hall–Kier alpha value is -0.220. The first-order chi connectivity index (χ1) is 10.7. The fraction of sp³-hybridized carbons (Fsp3) is 1.00. The summed E-state index contributed by atoms with van der Waals surface area (Å²) in [5.74, 6) is 0. The summed E-state index contributed by atoms with van der Waals surface area (Å²) in [6, 6.07) is -0.243. The van der Waals surface area contributed by atoms with Crippen LogP contribution in [0.5, 0.6) is 0 Å². The topological polar surface area (TPSA) is 78.0 Å². The molecule has 2 aliphatic rings. The van der Waals surface area contributed by atoms with Crippen LogP contribution >= 0.6 is 0 Å². The minimum Gasteiger partial charge on any atom is -0.303 e. The fourth-order valence-corrected chi connectivity index (χ4v) is 5.61. The van der Waals surface area contributed by atoms with Crippen LogP contribution in [-0.2, 0) is 20.0 Å². The van der Waals surface area contributed by atoms with E-state index in [1.165, 1.54) is 34.0 Å². The molecule has 0 aliphatic carbocycles. The molecule has 0 aromatic heterocycles. The summed E-state index contributed by atoms with van der Waals surface area (Å²) in [6.07, 6.45) is 7.08. The molecule has 1 atom stereocenters. The number of hydrogen-bond acceptors (Lipinski definition) is 5. The van der Waals surface area contributed by atoms with Crippen molar-refractivity contribution in [1.29, 1.82) is 0 Å². The zero-order valence-electron chi connectivity index (χ0n) is 14.1. The summed E-state index contributed by atoms with van der Waals surface area (Å²) in [4.78, 5) is 2.37. The van der Waals surface area contributed by atoms with Gasteiger partial charge in [-0.25, -0.2) is 21.1 Å². The average Bonchev–Trinajstić information content (AvgIpc) is 2.94. The zero-order valence-corrected chi connectivity index (χ0v) is 15.8. The van der Waals surface area contributed by atoms with Crippen LogP contribution in [0, 0.1) is 0 Å². The molecule has 2 rings (SSSR count). The summed E-state index contributed by atoms with van der Waals surface area (Å²) in [7, 11) is -6.60. The lowest BCUT2D eigenvalue weighted by Crippen LogP contribution is -2.51. The van der Waals surface area contributed by atoms with Gasteiger partial charge in [-0.2, -0.15) is 4.31 Å². The minimum atomic E-state index is -3.34. The number of sulfonamides is 2. The summed E-state index contributed by atoms with van der Waals surface area (Å²) in [6.45, 7) is 4.34. The van der Waals surface area contributed by atoms with Crippen LogP contribution in [-0.4, -0.2) is 88.2 Å². The lowest BCUT2D eigenvalue weighted by molar-refractivity contribution is 0.203. The highest BCUT2D eigenvalue weighted by atomic mass is 32.2. The van der Waals surface area contributed by atoms with Crippen molar-refractivity contribution < 1.29 is 16.8 Å². The Morgan fingerprint density at radius 2 is 1.65 bits per heavy atom. The number of rotatable bonds is 7. The van der Waals surface area contributed by atoms with Gasteiger partial charge in [-0.05, 0) is 51.7 Å². The normalized spacial score (nSPS) is 25.3. The third-order valence-electron chi connectivity index (χ3n) is 4.71. The molecule has 0 aromatic rings. The second kappa shape index (κ2) is 7.77. The maximum Gasteiger partial charge on any atom is 0.211 e. The molecule has 9 heteroatoms. The van der Waals surface area contributed by atoms with Crippen LogP contribution in [0.3, 0.4) is 0 Å². The maximum atomic E-state index is 12.2. The van der Waals surface area contributed by atoms with E-state index in [0.717, 1.165) is 32.5 Å². The second-order valence-corrected chi connectivity index (χ2v) is 10.6. The molecule has 1 unspecified atom stereocenters. The Labute approximate surface area is 140 Å². The van der Waals surface area contributed by atoms with Crippen molar-refractivity contribution in [1.82, 2.24) is 13.5 Å². The lowest BCUT2D eigenvalue weighted by Gasteiger charge is -2.37. The molecule has 0 amide bonds. The first-order valence-corrected chi connectivity index (χ1v) is 12.0. The van der Waals surface area contributed by atoms with Gasteiger partial charge in [-0.3, -0.25) is 0 Å². The van der Waals surface area contributed by atoms with Gasteiger partial charge < -0.3 is 4.90 Å². The van der Waals surface area contributed by atoms with E-state index in [0.29, 0.717) is 19.5 Å². The fourth-order valence-electron chi connectivity index (χ4n) is 3.53. The minimum absolute atomic E-state index is 0.243. The predicted molar refractivity (Wildman–Crippen MR) is 91.3 cm³/mol. The molecular formula is C14H29N3O4S2. The predicted octanol–water partition coefficient (Wildman–Crippen LogP) is 0.158. The second-order valence-electron chi connectivity index (χ2n) is 6.69. The van der Waals surface area contributed by atoms with E-state index in [9.17, 15) is 16.8 Å². The molecular weight excluding hydrogens is 338 g/mol. The average molecular weight is 368 g/mol. The van der Waals surface area contributed by atoms with Crippen molar-refractivity contribution in [2.75, 3.05) is 51.8 Å². The van der Waals surface area contributed by atoms with Gasteiger partial charge in [0.25, 0.3) is 0 Å². The van der Waals surface area contributed by atoms with Gasteiger partial charge in [0.1, 0.15) is 0 Å². The molecule has 136 valence electrons. The highest BCUT2D eigenvalue weighted by molar-refractivity contribution is 7.88. The van der Waals surface area contributed by atoms with Gasteiger partial charge in [-0.1, -0.05) is 0 Å². The maximum absolute atomic E-state index is 12.2. The highest BCUT2D eigenvalue weighted by Gasteiger charge is 2.33. The molecule has 0 bridgehead atoms. The van der Waals surface area contributed by atoms with Gasteiger partial charge in [0.05, 0.1) is 12.5 Å². The number of hydrogen-bond donors (Lipinski definition) is 0. The van der Waals surface area contributed by atoms with Crippen LogP contribution in [0.25, 0.3) is 0 Å². The summed E-state index contributed by atoms with van der Waals surface area (Å²) in [5.41, 5.74) is 0. The Morgan fingerprint density at radius 3 is 2.22 bits per heavy atom. The monoisotopic (exact) mass is 367 g/mol. The quantitative estimate of drug-likeness (QED) is 0.640. The van der Waals surface area contributed by atoms with Crippen LogP contribution < -0.4 is 0 Å². The van der Waals surface area contributed by atoms with E-state index in [4.69, 9.17) is 0 Å². The molecule has 7 nitrogen and oxygen atoms in total. The Kier molecular flexibility index (Phi) is 6.46.